The third-order valence-corrected chi connectivity index (χ3v) is 3.87. The van der Waals surface area contributed by atoms with Gasteiger partial charge in [0.15, 0.2) is 5.69 Å². The van der Waals surface area contributed by atoms with E-state index in [4.69, 9.17) is 5.11 Å². The number of rotatable bonds is 5. The van der Waals surface area contributed by atoms with Crippen LogP contribution in [0.3, 0.4) is 0 Å². The van der Waals surface area contributed by atoms with Crippen LogP contribution in [0.2, 0.25) is 0 Å². The summed E-state index contributed by atoms with van der Waals surface area (Å²) >= 11 is 0. The molecule has 1 fully saturated rings. The van der Waals surface area contributed by atoms with Crippen LogP contribution in [0.15, 0.2) is 6.20 Å². The van der Waals surface area contributed by atoms with E-state index in [0.717, 1.165) is 6.54 Å². The van der Waals surface area contributed by atoms with Gasteiger partial charge in [0.1, 0.15) is 0 Å². The van der Waals surface area contributed by atoms with Crippen LogP contribution in [0.4, 0.5) is 0 Å². The van der Waals surface area contributed by atoms with Gasteiger partial charge in [0.05, 0.1) is 12.7 Å². The third-order valence-electron chi connectivity index (χ3n) is 3.87. The number of carboxylic acid groups (broad SMARTS) is 1. The quantitative estimate of drug-likeness (QED) is 0.845. The maximum absolute atomic E-state index is 10.7. The number of nitrogens with zero attached hydrogens (tertiary/aromatic N) is 3. The molecule has 1 aliphatic carbocycles. The summed E-state index contributed by atoms with van der Waals surface area (Å²) in [6.07, 6.45) is 6.41. The highest BCUT2D eigenvalue weighted by Gasteiger charge is 2.26. The molecule has 1 aliphatic rings. The molecule has 0 radical (unpaired) electrons. The first kappa shape index (κ1) is 14.0. The van der Waals surface area contributed by atoms with Gasteiger partial charge in [-0.3, -0.25) is 4.68 Å². The molecular formula is C13H22N4O2. The Bertz CT molecular complexity index is 432. The van der Waals surface area contributed by atoms with Gasteiger partial charge in [-0.05, 0) is 31.1 Å². The Morgan fingerprint density at radius 1 is 1.53 bits per heavy atom. The topological polar surface area (TPSA) is 80.0 Å². The fourth-order valence-electron chi connectivity index (χ4n) is 2.49. The minimum atomic E-state index is -1.03. The van der Waals surface area contributed by atoms with Crippen molar-refractivity contribution in [3.63, 3.8) is 0 Å². The second-order valence-electron chi connectivity index (χ2n) is 6.06. The third kappa shape index (κ3) is 4.02. The molecular weight excluding hydrogens is 244 g/mol. The van der Waals surface area contributed by atoms with E-state index in [0.29, 0.717) is 18.0 Å². The average molecular weight is 266 g/mol. The van der Waals surface area contributed by atoms with E-state index >= 15 is 0 Å². The van der Waals surface area contributed by atoms with Crippen molar-refractivity contribution >= 4 is 5.97 Å². The molecule has 1 saturated carbocycles. The van der Waals surface area contributed by atoms with Crippen LogP contribution in [0.1, 0.15) is 50.0 Å². The maximum Gasteiger partial charge on any atom is 0.358 e. The molecule has 0 amide bonds. The molecule has 106 valence electrons. The van der Waals surface area contributed by atoms with E-state index < -0.39 is 5.97 Å². The number of hydrogen-bond acceptors (Lipinski definition) is 4. The van der Waals surface area contributed by atoms with Crippen molar-refractivity contribution in [2.75, 3.05) is 6.54 Å². The first-order chi connectivity index (χ1) is 8.96. The van der Waals surface area contributed by atoms with Gasteiger partial charge >= 0.3 is 5.97 Å². The van der Waals surface area contributed by atoms with E-state index in [1.54, 1.807) is 4.68 Å². The predicted octanol–water partition coefficient (Wildman–Crippen LogP) is 1.53. The van der Waals surface area contributed by atoms with E-state index in [1.807, 2.05) is 0 Å². The fourth-order valence-corrected chi connectivity index (χ4v) is 2.49. The summed E-state index contributed by atoms with van der Waals surface area (Å²) in [5.41, 5.74) is 0.486. The van der Waals surface area contributed by atoms with E-state index in [-0.39, 0.29) is 5.69 Å². The van der Waals surface area contributed by atoms with Crippen molar-refractivity contribution in [2.24, 2.45) is 5.41 Å². The minimum absolute atomic E-state index is 0.000541. The number of hydrogen-bond donors (Lipinski definition) is 2. The van der Waals surface area contributed by atoms with Gasteiger partial charge < -0.3 is 10.4 Å². The summed E-state index contributed by atoms with van der Waals surface area (Å²) in [6.45, 7) is 6.10. The van der Waals surface area contributed by atoms with Crippen molar-refractivity contribution in [3.05, 3.63) is 11.9 Å². The number of aromatic nitrogens is 3. The first-order valence-corrected chi connectivity index (χ1v) is 6.83. The lowest BCUT2D eigenvalue weighted by atomic mass is 9.75. The Morgan fingerprint density at radius 2 is 2.21 bits per heavy atom. The van der Waals surface area contributed by atoms with Crippen LogP contribution in [0, 0.1) is 5.41 Å². The van der Waals surface area contributed by atoms with E-state index in [2.05, 4.69) is 29.5 Å². The highest BCUT2D eigenvalue weighted by molar-refractivity contribution is 5.84. The molecule has 0 spiro atoms. The molecule has 1 heterocycles. The van der Waals surface area contributed by atoms with Crippen molar-refractivity contribution in [1.82, 2.24) is 20.3 Å². The summed E-state index contributed by atoms with van der Waals surface area (Å²) < 4.78 is 1.57. The predicted molar refractivity (Wildman–Crippen MR) is 71.0 cm³/mol. The minimum Gasteiger partial charge on any atom is -0.476 e. The molecule has 1 aromatic rings. The Balaban J connectivity index is 1.70. The van der Waals surface area contributed by atoms with Gasteiger partial charge in [-0.25, -0.2) is 4.79 Å². The zero-order valence-electron chi connectivity index (χ0n) is 11.6. The summed E-state index contributed by atoms with van der Waals surface area (Å²) in [4.78, 5) is 10.7. The molecule has 6 nitrogen and oxygen atoms in total. The molecule has 0 aromatic carbocycles. The van der Waals surface area contributed by atoms with Crippen LogP contribution >= 0.6 is 0 Å². The lowest BCUT2D eigenvalue weighted by Crippen LogP contribution is -2.37. The summed E-state index contributed by atoms with van der Waals surface area (Å²) in [5.74, 6) is -1.03. The number of carbonyl (C=O) groups is 1. The smallest absolute Gasteiger partial charge is 0.358 e. The summed E-state index contributed by atoms with van der Waals surface area (Å²) in [6, 6.07) is 0.579. The van der Waals surface area contributed by atoms with Crippen LogP contribution in [0.25, 0.3) is 0 Å². The molecule has 19 heavy (non-hydrogen) atoms. The van der Waals surface area contributed by atoms with Crippen molar-refractivity contribution in [2.45, 2.75) is 52.1 Å². The van der Waals surface area contributed by atoms with Gasteiger partial charge in [0, 0.05) is 12.6 Å². The molecule has 0 aliphatic heterocycles. The SMILES string of the molecule is CC1(C)CCC(NCCn2cc(C(=O)O)nn2)CC1. The Hall–Kier alpha value is -1.43. The average Bonchev–Trinajstić information content (AvgIpc) is 2.80. The van der Waals surface area contributed by atoms with Crippen LogP contribution < -0.4 is 5.32 Å². The van der Waals surface area contributed by atoms with Crippen molar-refractivity contribution in [3.8, 4) is 0 Å². The Kier molecular flexibility index (Phi) is 4.19. The van der Waals surface area contributed by atoms with Gasteiger partial charge in [-0.15, -0.1) is 5.10 Å². The summed E-state index contributed by atoms with van der Waals surface area (Å²) in [5, 5.41) is 19.6. The maximum atomic E-state index is 10.7. The fraction of sp³-hybridized carbons (Fsp3) is 0.769. The lowest BCUT2D eigenvalue weighted by Gasteiger charge is -2.34. The normalized spacial score (nSPS) is 19.5. The van der Waals surface area contributed by atoms with Crippen LogP contribution in [-0.2, 0) is 6.54 Å². The zero-order valence-corrected chi connectivity index (χ0v) is 11.6. The molecule has 2 N–H and O–H groups in total. The van der Waals surface area contributed by atoms with E-state index in [9.17, 15) is 4.79 Å². The second kappa shape index (κ2) is 5.69. The number of aromatic carboxylic acids is 1. The van der Waals surface area contributed by atoms with Gasteiger partial charge in [-0.1, -0.05) is 19.1 Å². The van der Waals surface area contributed by atoms with Gasteiger partial charge in [0.2, 0.25) is 0 Å². The van der Waals surface area contributed by atoms with Gasteiger partial charge in [0.25, 0.3) is 0 Å². The van der Waals surface area contributed by atoms with E-state index in [1.165, 1.54) is 31.9 Å². The number of carboxylic acids is 1. The zero-order chi connectivity index (χ0) is 13.9. The Morgan fingerprint density at radius 3 is 2.79 bits per heavy atom. The standard InChI is InChI=1S/C13H22N4O2/c1-13(2)5-3-10(4-6-13)14-7-8-17-9-11(12(18)19)15-16-17/h9-10,14H,3-8H2,1-2H3,(H,18,19). The molecule has 0 saturated heterocycles. The molecule has 6 heteroatoms. The monoisotopic (exact) mass is 266 g/mol. The molecule has 1 aromatic heterocycles. The number of nitrogens with one attached hydrogen (secondary N) is 1. The van der Waals surface area contributed by atoms with Crippen molar-refractivity contribution < 1.29 is 9.90 Å². The Labute approximate surface area is 113 Å². The molecule has 0 bridgehead atoms. The van der Waals surface area contributed by atoms with Crippen molar-refractivity contribution in [1.29, 1.82) is 0 Å². The molecule has 0 atom stereocenters. The largest absolute Gasteiger partial charge is 0.476 e. The summed E-state index contributed by atoms with van der Waals surface area (Å²) in [7, 11) is 0. The highest BCUT2D eigenvalue weighted by Crippen LogP contribution is 2.34. The highest BCUT2D eigenvalue weighted by atomic mass is 16.4. The van der Waals surface area contributed by atoms with Crippen LogP contribution in [0.5, 0.6) is 0 Å². The van der Waals surface area contributed by atoms with Crippen LogP contribution in [-0.4, -0.2) is 38.7 Å². The molecule has 0 unspecified atom stereocenters. The lowest BCUT2D eigenvalue weighted by molar-refractivity contribution is 0.0690. The molecule has 2 rings (SSSR count). The second-order valence-corrected chi connectivity index (χ2v) is 6.06. The first-order valence-electron chi connectivity index (χ1n) is 6.83. The van der Waals surface area contributed by atoms with Gasteiger partial charge in [-0.2, -0.15) is 0 Å².